The minimum Gasteiger partial charge on any atom is -0.378 e. The van der Waals surface area contributed by atoms with Gasteiger partial charge in [0.25, 0.3) is 11.5 Å². The summed E-state index contributed by atoms with van der Waals surface area (Å²) in [6, 6.07) is 5.41. The fourth-order valence-corrected chi connectivity index (χ4v) is 4.07. The van der Waals surface area contributed by atoms with Crippen LogP contribution in [0.5, 0.6) is 0 Å². The number of carbonyl (C=O) groups excluding carboxylic acids is 1. The second kappa shape index (κ2) is 6.82. The van der Waals surface area contributed by atoms with Crippen LogP contribution in [0.2, 0.25) is 0 Å². The minimum absolute atomic E-state index is 0.203. The van der Waals surface area contributed by atoms with Crippen LogP contribution in [0.3, 0.4) is 0 Å². The number of hydrogen-bond acceptors (Lipinski definition) is 7. The number of likely N-dealkylation sites (N-methyl/N-ethyl adjacent to an activating group) is 1. The molecule has 4 rings (SSSR count). The quantitative estimate of drug-likeness (QED) is 0.568. The van der Waals surface area contributed by atoms with Gasteiger partial charge in [-0.2, -0.15) is 0 Å². The molecule has 4 heterocycles. The number of amides is 1. The van der Waals surface area contributed by atoms with Crippen LogP contribution in [0.25, 0.3) is 11.7 Å². The van der Waals surface area contributed by atoms with Crippen molar-refractivity contribution in [1.82, 2.24) is 14.3 Å². The lowest BCUT2D eigenvalue weighted by atomic mass is 10.2. The summed E-state index contributed by atoms with van der Waals surface area (Å²) in [7, 11) is 1.63. The van der Waals surface area contributed by atoms with Gasteiger partial charge in [0.05, 0.1) is 23.7 Å². The lowest BCUT2D eigenvalue weighted by Gasteiger charge is -2.29. The molecule has 2 fully saturated rings. The highest BCUT2D eigenvalue weighted by molar-refractivity contribution is 8.26. The summed E-state index contributed by atoms with van der Waals surface area (Å²) in [6.07, 6.45) is 3.29. The molecule has 0 atom stereocenters. The van der Waals surface area contributed by atoms with E-state index in [1.807, 2.05) is 11.0 Å². The summed E-state index contributed by atoms with van der Waals surface area (Å²) < 4.78 is 7.37. The Bertz CT molecular complexity index is 995. The van der Waals surface area contributed by atoms with Gasteiger partial charge >= 0.3 is 0 Å². The average molecular weight is 388 g/mol. The standard InChI is InChI=1S/C17H16N4O3S2/c1-19-16(23)12(26-17(19)25)10-11-14(20-6-8-24-9-7-20)18-13-4-2-3-5-21(13)15(11)22/h2-5,10H,6-9H2,1H3/b12-10-. The number of nitrogens with zero attached hydrogens (tertiary/aromatic N) is 4. The van der Waals surface area contributed by atoms with Crippen LogP contribution < -0.4 is 10.5 Å². The van der Waals surface area contributed by atoms with Gasteiger partial charge in [0.1, 0.15) is 15.8 Å². The van der Waals surface area contributed by atoms with Crippen molar-refractivity contribution >= 4 is 51.7 Å². The second-order valence-corrected chi connectivity index (χ2v) is 7.60. The van der Waals surface area contributed by atoms with E-state index in [1.54, 1.807) is 31.5 Å². The van der Waals surface area contributed by atoms with E-state index in [0.29, 0.717) is 52.6 Å². The highest BCUT2D eigenvalue weighted by Crippen LogP contribution is 2.32. The smallest absolute Gasteiger partial charge is 0.267 e. The normalized spacial score (nSPS) is 19.8. The number of carbonyl (C=O) groups is 1. The monoisotopic (exact) mass is 388 g/mol. The lowest BCUT2D eigenvalue weighted by Crippen LogP contribution is -2.38. The van der Waals surface area contributed by atoms with Crippen LogP contribution in [-0.4, -0.2) is 57.9 Å². The molecule has 9 heteroatoms. The Labute approximate surface area is 159 Å². The van der Waals surface area contributed by atoms with Crippen LogP contribution in [0.15, 0.2) is 34.1 Å². The molecular formula is C17H16N4O3S2. The number of fused-ring (bicyclic) bond motifs is 1. The molecule has 0 aliphatic carbocycles. The van der Waals surface area contributed by atoms with Gasteiger partial charge in [0.15, 0.2) is 0 Å². The molecule has 0 aromatic carbocycles. The summed E-state index contributed by atoms with van der Waals surface area (Å²) in [5, 5.41) is 0. The SMILES string of the molecule is CN1C(=O)/C(=C/c2c(N3CCOCC3)nc3ccccn3c2=O)SC1=S. The van der Waals surface area contributed by atoms with Crippen LogP contribution in [-0.2, 0) is 9.53 Å². The lowest BCUT2D eigenvalue weighted by molar-refractivity contribution is -0.121. The third-order valence-electron chi connectivity index (χ3n) is 4.32. The first kappa shape index (κ1) is 17.2. The number of anilines is 1. The molecular weight excluding hydrogens is 372 g/mol. The maximum absolute atomic E-state index is 13.1. The van der Waals surface area contributed by atoms with Gasteiger partial charge in [-0.3, -0.25) is 18.9 Å². The van der Waals surface area contributed by atoms with Crippen molar-refractivity contribution in [3.63, 3.8) is 0 Å². The molecule has 1 amide bonds. The van der Waals surface area contributed by atoms with Crippen LogP contribution >= 0.6 is 24.0 Å². The molecule has 26 heavy (non-hydrogen) atoms. The van der Waals surface area contributed by atoms with Gasteiger partial charge in [-0.25, -0.2) is 4.98 Å². The van der Waals surface area contributed by atoms with Crippen LogP contribution in [0, 0.1) is 0 Å². The first-order valence-corrected chi connectivity index (χ1v) is 9.34. The Kier molecular flexibility index (Phi) is 4.51. The molecule has 2 aromatic rings. The number of rotatable bonds is 2. The van der Waals surface area contributed by atoms with Crippen molar-refractivity contribution in [2.45, 2.75) is 0 Å². The van der Waals surface area contributed by atoms with E-state index < -0.39 is 0 Å². The van der Waals surface area contributed by atoms with Gasteiger partial charge in [-0.1, -0.05) is 30.0 Å². The molecule has 0 radical (unpaired) electrons. The molecule has 0 unspecified atom stereocenters. The van der Waals surface area contributed by atoms with E-state index in [0.717, 1.165) is 0 Å². The van der Waals surface area contributed by atoms with Gasteiger partial charge in [-0.15, -0.1) is 0 Å². The fourth-order valence-electron chi connectivity index (χ4n) is 2.91. The molecule has 0 spiro atoms. The van der Waals surface area contributed by atoms with Gasteiger partial charge in [-0.05, 0) is 18.2 Å². The predicted molar refractivity (Wildman–Crippen MR) is 105 cm³/mol. The molecule has 2 aromatic heterocycles. The third-order valence-corrected chi connectivity index (χ3v) is 5.81. The van der Waals surface area contributed by atoms with Crippen molar-refractivity contribution < 1.29 is 9.53 Å². The zero-order chi connectivity index (χ0) is 18.3. The molecule has 2 saturated heterocycles. The molecule has 0 N–H and O–H groups in total. The van der Waals surface area contributed by atoms with Gasteiger partial charge < -0.3 is 9.64 Å². The Morgan fingerprint density at radius 3 is 2.73 bits per heavy atom. The minimum atomic E-state index is -0.210. The molecule has 7 nitrogen and oxygen atoms in total. The molecule has 2 aliphatic rings. The first-order valence-electron chi connectivity index (χ1n) is 8.12. The Hall–Kier alpha value is -2.23. The Morgan fingerprint density at radius 2 is 2.04 bits per heavy atom. The van der Waals surface area contributed by atoms with E-state index >= 15 is 0 Å². The van der Waals surface area contributed by atoms with Crippen molar-refractivity contribution in [3.05, 3.63) is 45.2 Å². The third kappa shape index (κ3) is 2.91. The van der Waals surface area contributed by atoms with E-state index in [-0.39, 0.29) is 11.5 Å². The van der Waals surface area contributed by atoms with E-state index in [1.165, 1.54) is 21.1 Å². The van der Waals surface area contributed by atoms with Crippen molar-refractivity contribution in [2.24, 2.45) is 0 Å². The summed E-state index contributed by atoms with van der Waals surface area (Å²) in [6.45, 7) is 2.44. The number of thiocarbonyl (C=S) groups is 1. The zero-order valence-electron chi connectivity index (χ0n) is 14.0. The number of thioether (sulfide) groups is 1. The fraction of sp³-hybridized carbons (Fsp3) is 0.294. The van der Waals surface area contributed by atoms with E-state index in [2.05, 4.69) is 4.98 Å². The average Bonchev–Trinajstić information content (AvgIpc) is 2.91. The van der Waals surface area contributed by atoms with Crippen molar-refractivity contribution in [3.8, 4) is 0 Å². The van der Waals surface area contributed by atoms with Gasteiger partial charge in [0.2, 0.25) is 0 Å². The highest BCUT2D eigenvalue weighted by Gasteiger charge is 2.30. The number of pyridine rings is 1. The molecule has 134 valence electrons. The Morgan fingerprint density at radius 1 is 1.27 bits per heavy atom. The second-order valence-electron chi connectivity index (χ2n) is 5.92. The Balaban J connectivity index is 1.91. The van der Waals surface area contributed by atoms with Crippen molar-refractivity contribution in [2.75, 3.05) is 38.3 Å². The number of aromatic nitrogens is 2. The largest absolute Gasteiger partial charge is 0.378 e. The van der Waals surface area contributed by atoms with Gasteiger partial charge in [0, 0.05) is 26.3 Å². The van der Waals surface area contributed by atoms with E-state index in [9.17, 15) is 9.59 Å². The van der Waals surface area contributed by atoms with Crippen LogP contribution in [0.4, 0.5) is 5.82 Å². The number of ether oxygens (including phenoxy) is 1. The van der Waals surface area contributed by atoms with Crippen molar-refractivity contribution in [1.29, 1.82) is 0 Å². The highest BCUT2D eigenvalue weighted by atomic mass is 32.2. The summed E-state index contributed by atoms with van der Waals surface area (Å²) in [5.74, 6) is 0.372. The summed E-state index contributed by atoms with van der Waals surface area (Å²) in [5.41, 5.74) is 0.752. The maximum Gasteiger partial charge on any atom is 0.267 e. The topological polar surface area (TPSA) is 67.2 Å². The summed E-state index contributed by atoms with van der Waals surface area (Å²) >= 11 is 6.38. The molecule has 0 bridgehead atoms. The first-order chi connectivity index (χ1) is 12.6. The number of morpholine rings is 1. The zero-order valence-corrected chi connectivity index (χ0v) is 15.7. The summed E-state index contributed by atoms with van der Waals surface area (Å²) in [4.78, 5) is 34.0. The molecule has 0 saturated carbocycles. The van der Waals surface area contributed by atoms with E-state index in [4.69, 9.17) is 17.0 Å². The maximum atomic E-state index is 13.1. The predicted octanol–water partition coefficient (Wildman–Crippen LogP) is 1.36. The van der Waals surface area contributed by atoms with Crippen LogP contribution in [0.1, 0.15) is 5.56 Å². The molecule has 2 aliphatic heterocycles. The number of hydrogen-bond donors (Lipinski definition) is 0.